The lowest BCUT2D eigenvalue weighted by Gasteiger charge is -2.03. The zero-order valence-electron chi connectivity index (χ0n) is 13.5. The molecule has 1 amide bonds. The SMILES string of the molecule is CONC(=O)c1ccn(-c2ncc3cnn(-c4csc(C)c4)c3n2)c1. The van der Waals surface area contributed by atoms with Crippen LogP contribution in [0.5, 0.6) is 0 Å². The number of thiophene rings is 1. The molecule has 0 bridgehead atoms. The minimum atomic E-state index is -0.332. The van der Waals surface area contributed by atoms with E-state index < -0.39 is 0 Å². The van der Waals surface area contributed by atoms with Crippen LogP contribution in [0.15, 0.2) is 42.3 Å². The van der Waals surface area contributed by atoms with Crippen molar-refractivity contribution in [2.24, 2.45) is 0 Å². The third kappa shape index (κ3) is 2.79. The molecule has 0 aliphatic heterocycles. The first kappa shape index (κ1) is 15.5. The topological polar surface area (TPSA) is 86.9 Å². The van der Waals surface area contributed by atoms with Gasteiger partial charge in [-0.05, 0) is 19.1 Å². The van der Waals surface area contributed by atoms with E-state index in [1.807, 2.05) is 12.3 Å². The number of hydrogen-bond donors (Lipinski definition) is 1. The predicted molar refractivity (Wildman–Crippen MR) is 93.1 cm³/mol. The lowest BCUT2D eigenvalue weighted by molar-refractivity contribution is 0.0537. The highest BCUT2D eigenvalue weighted by atomic mass is 32.1. The van der Waals surface area contributed by atoms with E-state index in [0.717, 1.165) is 11.1 Å². The molecule has 0 aliphatic carbocycles. The fourth-order valence-electron chi connectivity index (χ4n) is 2.47. The molecular weight excluding hydrogens is 340 g/mol. The second kappa shape index (κ2) is 6.11. The van der Waals surface area contributed by atoms with Gasteiger partial charge in [0.2, 0.25) is 5.95 Å². The van der Waals surface area contributed by atoms with E-state index in [4.69, 9.17) is 0 Å². The van der Waals surface area contributed by atoms with Crippen molar-refractivity contribution in [2.75, 3.05) is 7.11 Å². The number of hydroxylamine groups is 1. The maximum atomic E-state index is 11.8. The van der Waals surface area contributed by atoms with Crippen molar-refractivity contribution in [1.82, 2.24) is 29.8 Å². The summed E-state index contributed by atoms with van der Waals surface area (Å²) in [6, 6.07) is 3.73. The summed E-state index contributed by atoms with van der Waals surface area (Å²) in [6.45, 7) is 2.05. The Morgan fingerprint density at radius 3 is 3.00 bits per heavy atom. The molecule has 0 saturated carbocycles. The fourth-order valence-corrected chi connectivity index (χ4v) is 3.13. The third-order valence-electron chi connectivity index (χ3n) is 3.64. The predicted octanol–water partition coefficient (Wildman–Crippen LogP) is 2.27. The molecular formula is C16H14N6O2S. The van der Waals surface area contributed by atoms with E-state index in [1.54, 1.807) is 51.4 Å². The summed E-state index contributed by atoms with van der Waals surface area (Å²) in [4.78, 5) is 26.6. The van der Waals surface area contributed by atoms with Crippen molar-refractivity contribution < 1.29 is 9.63 Å². The van der Waals surface area contributed by atoms with Crippen LogP contribution in [0, 0.1) is 6.92 Å². The van der Waals surface area contributed by atoms with Crippen LogP contribution in [0.3, 0.4) is 0 Å². The number of aryl methyl sites for hydroxylation is 1. The van der Waals surface area contributed by atoms with E-state index in [2.05, 4.69) is 31.5 Å². The summed E-state index contributed by atoms with van der Waals surface area (Å²) in [5.41, 5.74) is 4.41. The average Bonchev–Trinajstić information content (AvgIpc) is 3.33. The molecule has 4 heterocycles. The molecule has 0 atom stereocenters. The van der Waals surface area contributed by atoms with Crippen molar-refractivity contribution in [1.29, 1.82) is 0 Å². The number of hydrogen-bond acceptors (Lipinski definition) is 6. The Hall–Kier alpha value is -3.04. The Labute approximate surface area is 146 Å². The van der Waals surface area contributed by atoms with Crippen LogP contribution < -0.4 is 5.48 Å². The number of nitrogens with one attached hydrogen (secondary N) is 1. The van der Waals surface area contributed by atoms with Gasteiger partial charge < -0.3 is 0 Å². The van der Waals surface area contributed by atoms with Crippen LogP contribution >= 0.6 is 11.3 Å². The minimum absolute atomic E-state index is 0.332. The number of rotatable bonds is 4. The molecule has 4 rings (SSSR count). The Kier molecular flexibility index (Phi) is 3.79. The van der Waals surface area contributed by atoms with Gasteiger partial charge in [-0.3, -0.25) is 14.2 Å². The molecule has 0 fully saturated rings. The smallest absolute Gasteiger partial charge is 0.276 e. The second-order valence-corrected chi connectivity index (χ2v) is 6.48. The molecule has 4 aromatic heterocycles. The third-order valence-corrected chi connectivity index (χ3v) is 4.49. The molecule has 0 saturated heterocycles. The molecule has 0 aromatic carbocycles. The Bertz CT molecular complexity index is 1060. The van der Waals surface area contributed by atoms with Gasteiger partial charge in [0.05, 0.1) is 29.9 Å². The van der Waals surface area contributed by atoms with E-state index in [0.29, 0.717) is 17.2 Å². The van der Waals surface area contributed by atoms with Gasteiger partial charge >= 0.3 is 0 Å². The first-order chi connectivity index (χ1) is 12.2. The fraction of sp³-hybridized carbons (Fsp3) is 0.125. The second-order valence-electron chi connectivity index (χ2n) is 5.36. The molecule has 0 aliphatic rings. The zero-order chi connectivity index (χ0) is 17.4. The zero-order valence-corrected chi connectivity index (χ0v) is 14.3. The monoisotopic (exact) mass is 354 g/mol. The summed E-state index contributed by atoms with van der Waals surface area (Å²) in [5, 5.41) is 7.28. The molecule has 9 heteroatoms. The van der Waals surface area contributed by atoms with Crippen LogP contribution in [-0.4, -0.2) is 37.3 Å². The average molecular weight is 354 g/mol. The molecule has 25 heavy (non-hydrogen) atoms. The number of nitrogens with zero attached hydrogens (tertiary/aromatic N) is 5. The molecule has 0 unspecified atom stereocenters. The minimum Gasteiger partial charge on any atom is -0.292 e. The molecule has 126 valence electrons. The number of carbonyl (C=O) groups is 1. The van der Waals surface area contributed by atoms with E-state index in [1.165, 1.54) is 12.0 Å². The van der Waals surface area contributed by atoms with Crippen LogP contribution in [0.4, 0.5) is 0 Å². The highest BCUT2D eigenvalue weighted by molar-refractivity contribution is 7.10. The first-order valence-electron chi connectivity index (χ1n) is 7.43. The van der Waals surface area contributed by atoms with Gasteiger partial charge in [-0.1, -0.05) is 0 Å². The van der Waals surface area contributed by atoms with Crippen molar-refractivity contribution in [3.63, 3.8) is 0 Å². The standard InChI is InChI=1S/C16H14N6O2S/c1-10-5-13(9-25-10)22-14-12(7-18-22)6-17-16(19-14)21-4-3-11(8-21)15(23)20-24-2/h3-9H,1-2H3,(H,20,23). The molecule has 4 aromatic rings. The lowest BCUT2D eigenvalue weighted by atomic mass is 10.3. The number of aromatic nitrogens is 5. The van der Waals surface area contributed by atoms with Crippen molar-refractivity contribution >= 4 is 28.3 Å². The van der Waals surface area contributed by atoms with Gasteiger partial charge in [0.25, 0.3) is 5.91 Å². The number of fused-ring (bicyclic) bond motifs is 1. The highest BCUT2D eigenvalue weighted by Crippen LogP contribution is 2.21. The van der Waals surface area contributed by atoms with Crippen LogP contribution in [-0.2, 0) is 4.84 Å². The van der Waals surface area contributed by atoms with Gasteiger partial charge in [0.1, 0.15) is 0 Å². The molecule has 1 N–H and O–H groups in total. The van der Waals surface area contributed by atoms with Crippen molar-refractivity contribution in [3.05, 3.63) is 52.7 Å². The van der Waals surface area contributed by atoms with Crippen molar-refractivity contribution in [2.45, 2.75) is 6.92 Å². The summed E-state index contributed by atoms with van der Waals surface area (Å²) in [5.74, 6) is 0.124. The van der Waals surface area contributed by atoms with Gasteiger partial charge in [-0.2, -0.15) is 10.1 Å². The van der Waals surface area contributed by atoms with Crippen LogP contribution in [0.1, 0.15) is 15.2 Å². The molecule has 0 radical (unpaired) electrons. The maximum absolute atomic E-state index is 11.8. The van der Waals surface area contributed by atoms with E-state index >= 15 is 0 Å². The summed E-state index contributed by atoms with van der Waals surface area (Å²) < 4.78 is 3.46. The Morgan fingerprint density at radius 1 is 1.36 bits per heavy atom. The van der Waals surface area contributed by atoms with E-state index in [-0.39, 0.29) is 5.91 Å². The summed E-state index contributed by atoms with van der Waals surface area (Å²) in [7, 11) is 1.39. The Morgan fingerprint density at radius 2 is 2.24 bits per heavy atom. The normalized spacial score (nSPS) is 11.1. The van der Waals surface area contributed by atoms with Gasteiger partial charge in [-0.15, -0.1) is 11.3 Å². The number of carbonyl (C=O) groups excluding carboxylic acids is 1. The van der Waals surface area contributed by atoms with Crippen molar-refractivity contribution in [3.8, 4) is 11.6 Å². The quantitative estimate of drug-likeness (QED) is 0.568. The van der Waals surface area contributed by atoms with Crippen LogP contribution in [0.2, 0.25) is 0 Å². The number of amides is 1. The van der Waals surface area contributed by atoms with Gasteiger partial charge in [0.15, 0.2) is 5.65 Å². The van der Waals surface area contributed by atoms with Gasteiger partial charge in [-0.25, -0.2) is 15.1 Å². The van der Waals surface area contributed by atoms with Crippen LogP contribution in [0.25, 0.3) is 22.7 Å². The van der Waals surface area contributed by atoms with Gasteiger partial charge in [0, 0.05) is 28.8 Å². The summed E-state index contributed by atoms with van der Waals surface area (Å²) in [6.07, 6.45) is 6.82. The largest absolute Gasteiger partial charge is 0.292 e. The first-order valence-corrected chi connectivity index (χ1v) is 8.31. The van der Waals surface area contributed by atoms with E-state index in [9.17, 15) is 4.79 Å². The highest BCUT2D eigenvalue weighted by Gasteiger charge is 2.12. The molecule has 0 spiro atoms. The maximum Gasteiger partial charge on any atom is 0.276 e. The summed E-state index contributed by atoms with van der Waals surface area (Å²) >= 11 is 1.66. The Balaban J connectivity index is 1.75. The molecule has 8 nitrogen and oxygen atoms in total. The lowest BCUT2D eigenvalue weighted by Crippen LogP contribution is -2.21.